The molecule has 1 aliphatic rings. The van der Waals surface area contributed by atoms with E-state index in [0.29, 0.717) is 19.1 Å². The molecule has 0 aliphatic heterocycles. The normalized spacial score (nSPS) is 22.8. The molecule has 2 nitrogen and oxygen atoms in total. The third kappa shape index (κ3) is 2.31. The molecule has 1 unspecified atom stereocenters. The first-order valence-corrected chi connectivity index (χ1v) is 4.20. The number of hydrogen-bond acceptors (Lipinski definition) is 2. The zero-order valence-corrected chi connectivity index (χ0v) is 7.30. The standard InChI is InChI=1S/C9H16O2/c1-4-10-9(11-5-2)8-6-7(8)3/h8-9H,3-6H2,1-2H3. The van der Waals surface area contributed by atoms with Crippen LogP contribution in [0.15, 0.2) is 12.2 Å². The van der Waals surface area contributed by atoms with Crippen LogP contribution in [0.1, 0.15) is 20.3 Å². The average molecular weight is 156 g/mol. The van der Waals surface area contributed by atoms with Gasteiger partial charge in [0.25, 0.3) is 0 Å². The Labute approximate surface area is 68.2 Å². The maximum atomic E-state index is 5.39. The first kappa shape index (κ1) is 8.75. The highest BCUT2D eigenvalue weighted by atomic mass is 16.7. The van der Waals surface area contributed by atoms with Crippen molar-refractivity contribution in [3.05, 3.63) is 12.2 Å². The van der Waals surface area contributed by atoms with Crippen molar-refractivity contribution in [1.29, 1.82) is 0 Å². The maximum Gasteiger partial charge on any atom is 0.164 e. The molecule has 0 aromatic heterocycles. The summed E-state index contributed by atoms with van der Waals surface area (Å²) in [7, 11) is 0. The van der Waals surface area contributed by atoms with Gasteiger partial charge < -0.3 is 9.47 Å². The summed E-state index contributed by atoms with van der Waals surface area (Å²) in [6.07, 6.45) is 1.04. The van der Waals surface area contributed by atoms with Crippen molar-refractivity contribution in [1.82, 2.24) is 0 Å². The van der Waals surface area contributed by atoms with Crippen molar-refractivity contribution in [3.8, 4) is 0 Å². The van der Waals surface area contributed by atoms with Gasteiger partial charge in [0, 0.05) is 19.1 Å². The quantitative estimate of drug-likeness (QED) is 0.447. The fraction of sp³-hybridized carbons (Fsp3) is 0.778. The molecule has 0 bridgehead atoms. The van der Waals surface area contributed by atoms with Crippen LogP contribution in [0.4, 0.5) is 0 Å². The molecule has 0 radical (unpaired) electrons. The summed E-state index contributed by atoms with van der Waals surface area (Å²) in [5.74, 6) is 0.467. The van der Waals surface area contributed by atoms with E-state index in [4.69, 9.17) is 9.47 Å². The molecule has 2 heteroatoms. The second-order valence-electron chi connectivity index (χ2n) is 2.75. The van der Waals surface area contributed by atoms with E-state index in [9.17, 15) is 0 Å². The van der Waals surface area contributed by atoms with Crippen LogP contribution in [-0.4, -0.2) is 19.5 Å². The van der Waals surface area contributed by atoms with E-state index in [-0.39, 0.29) is 6.29 Å². The predicted molar refractivity (Wildman–Crippen MR) is 44.3 cm³/mol. The Morgan fingerprint density at radius 1 is 1.45 bits per heavy atom. The number of ether oxygens (including phenoxy) is 2. The SMILES string of the molecule is C=C1CC1C(OCC)OCC. The summed E-state index contributed by atoms with van der Waals surface area (Å²) in [6.45, 7) is 9.27. The van der Waals surface area contributed by atoms with Crippen LogP contribution < -0.4 is 0 Å². The minimum absolute atomic E-state index is 0.0301. The van der Waals surface area contributed by atoms with Gasteiger partial charge in [0.1, 0.15) is 0 Å². The Morgan fingerprint density at radius 2 is 1.91 bits per heavy atom. The summed E-state index contributed by atoms with van der Waals surface area (Å²) >= 11 is 0. The molecule has 1 fully saturated rings. The first-order valence-electron chi connectivity index (χ1n) is 4.20. The lowest BCUT2D eigenvalue weighted by Gasteiger charge is -2.15. The van der Waals surface area contributed by atoms with Crippen molar-refractivity contribution in [2.75, 3.05) is 13.2 Å². The molecule has 11 heavy (non-hydrogen) atoms. The average Bonchev–Trinajstić information content (AvgIpc) is 2.67. The van der Waals surface area contributed by atoms with E-state index in [1.165, 1.54) is 5.57 Å². The van der Waals surface area contributed by atoms with Crippen LogP contribution in [0.2, 0.25) is 0 Å². The van der Waals surface area contributed by atoms with Gasteiger partial charge in [0.2, 0.25) is 0 Å². The highest BCUT2D eigenvalue weighted by Crippen LogP contribution is 2.40. The lowest BCUT2D eigenvalue weighted by atomic mass is 10.4. The lowest BCUT2D eigenvalue weighted by molar-refractivity contribution is -0.145. The Bertz CT molecular complexity index is 136. The Balaban J connectivity index is 2.27. The predicted octanol–water partition coefficient (Wildman–Crippen LogP) is 1.96. The highest BCUT2D eigenvalue weighted by Gasteiger charge is 2.36. The molecule has 1 rings (SSSR count). The summed E-state index contributed by atoms with van der Waals surface area (Å²) < 4.78 is 10.8. The third-order valence-corrected chi connectivity index (χ3v) is 1.84. The van der Waals surface area contributed by atoms with Crippen molar-refractivity contribution >= 4 is 0 Å². The summed E-state index contributed by atoms with van der Waals surface area (Å²) in [4.78, 5) is 0. The van der Waals surface area contributed by atoms with Crippen LogP contribution >= 0.6 is 0 Å². The number of hydrogen-bond donors (Lipinski definition) is 0. The molecule has 0 spiro atoms. The Hall–Kier alpha value is -0.340. The summed E-state index contributed by atoms with van der Waals surface area (Å²) in [5, 5.41) is 0. The smallest absolute Gasteiger partial charge is 0.164 e. The molecular formula is C9H16O2. The molecule has 1 atom stereocenters. The van der Waals surface area contributed by atoms with E-state index in [1.54, 1.807) is 0 Å². The van der Waals surface area contributed by atoms with Crippen molar-refractivity contribution in [2.45, 2.75) is 26.6 Å². The molecule has 0 amide bonds. The van der Waals surface area contributed by atoms with Gasteiger partial charge in [-0.3, -0.25) is 0 Å². The van der Waals surface area contributed by atoms with Crippen LogP contribution in [-0.2, 0) is 9.47 Å². The van der Waals surface area contributed by atoms with E-state index < -0.39 is 0 Å². The minimum atomic E-state index is -0.0301. The fourth-order valence-electron chi connectivity index (χ4n) is 1.12. The molecule has 0 aromatic carbocycles. The van der Waals surface area contributed by atoms with Gasteiger partial charge in [-0.2, -0.15) is 0 Å². The molecule has 0 heterocycles. The van der Waals surface area contributed by atoms with E-state index in [2.05, 4.69) is 6.58 Å². The minimum Gasteiger partial charge on any atom is -0.352 e. The first-order chi connectivity index (χ1) is 5.29. The Morgan fingerprint density at radius 3 is 2.18 bits per heavy atom. The third-order valence-electron chi connectivity index (χ3n) is 1.84. The van der Waals surface area contributed by atoms with Crippen LogP contribution in [0.3, 0.4) is 0 Å². The van der Waals surface area contributed by atoms with E-state index in [1.807, 2.05) is 13.8 Å². The zero-order chi connectivity index (χ0) is 8.27. The van der Waals surface area contributed by atoms with Gasteiger partial charge >= 0.3 is 0 Å². The second-order valence-corrected chi connectivity index (χ2v) is 2.75. The maximum absolute atomic E-state index is 5.39. The zero-order valence-electron chi connectivity index (χ0n) is 7.30. The second kappa shape index (κ2) is 3.88. The summed E-state index contributed by atoms with van der Waals surface area (Å²) in [5.41, 5.74) is 1.26. The highest BCUT2D eigenvalue weighted by molar-refractivity contribution is 5.19. The largest absolute Gasteiger partial charge is 0.352 e. The van der Waals surface area contributed by atoms with Gasteiger partial charge in [-0.05, 0) is 20.3 Å². The van der Waals surface area contributed by atoms with Gasteiger partial charge in [-0.25, -0.2) is 0 Å². The van der Waals surface area contributed by atoms with Gasteiger partial charge in [-0.1, -0.05) is 12.2 Å². The van der Waals surface area contributed by atoms with E-state index in [0.717, 1.165) is 6.42 Å². The fourth-order valence-corrected chi connectivity index (χ4v) is 1.12. The van der Waals surface area contributed by atoms with Gasteiger partial charge in [0.05, 0.1) is 0 Å². The van der Waals surface area contributed by atoms with Crippen molar-refractivity contribution in [2.24, 2.45) is 5.92 Å². The van der Waals surface area contributed by atoms with Gasteiger partial charge in [-0.15, -0.1) is 0 Å². The topological polar surface area (TPSA) is 18.5 Å². The lowest BCUT2D eigenvalue weighted by Crippen LogP contribution is -2.19. The van der Waals surface area contributed by atoms with Crippen LogP contribution in [0, 0.1) is 5.92 Å². The summed E-state index contributed by atoms with van der Waals surface area (Å²) in [6, 6.07) is 0. The van der Waals surface area contributed by atoms with Gasteiger partial charge in [0.15, 0.2) is 6.29 Å². The molecular weight excluding hydrogens is 140 g/mol. The Kier molecular flexibility index (Phi) is 3.09. The monoisotopic (exact) mass is 156 g/mol. The molecule has 64 valence electrons. The van der Waals surface area contributed by atoms with Crippen molar-refractivity contribution < 1.29 is 9.47 Å². The van der Waals surface area contributed by atoms with E-state index >= 15 is 0 Å². The number of rotatable bonds is 5. The van der Waals surface area contributed by atoms with Crippen molar-refractivity contribution in [3.63, 3.8) is 0 Å². The molecule has 0 N–H and O–H groups in total. The molecule has 1 aliphatic carbocycles. The van der Waals surface area contributed by atoms with Crippen LogP contribution in [0.25, 0.3) is 0 Å². The van der Waals surface area contributed by atoms with Crippen LogP contribution in [0.5, 0.6) is 0 Å². The molecule has 0 aromatic rings. The molecule has 0 saturated heterocycles. The molecule has 1 saturated carbocycles.